The van der Waals surface area contributed by atoms with Crippen molar-refractivity contribution >= 4 is 11.8 Å². The van der Waals surface area contributed by atoms with E-state index >= 15 is 0 Å². The second-order valence-electron chi connectivity index (χ2n) is 7.97. The van der Waals surface area contributed by atoms with Gasteiger partial charge in [0.1, 0.15) is 0 Å². The Morgan fingerprint density at radius 1 is 1.08 bits per heavy atom. The molecule has 2 fully saturated rings. The van der Waals surface area contributed by atoms with Crippen LogP contribution in [0.25, 0.3) is 0 Å². The van der Waals surface area contributed by atoms with E-state index in [0.717, 1.165) is 64.8 Å². The summed E-state index contributed by atoms with van der Waals surface area (Å²) in [6, 6.07) is 8.51. The number of nitrogens with one attached hydrogen (secondary N) is 1. The molecule has 0 aromatic heterocycles. The van der Waals surface area contributed by atoms with Crippen LogP contribution in [0.15, 0.2) is 24.3 Å². The molecule has 0 bridgehead atoms. The topological polar surface area (TPSA) is 52.7 Å². The van der Waals surface area contributed by atoms with Crippen LogP contribution in [0.1, 0.15) is 43.2 Å². The molecule has 1 aromatic rings. The second kappa shape index (κ2) is 7.78. The SMILES string of the molecule is O=C1NCCCC1N1CCC(CC(=O)N2CCc3ccccc3C2)CC1. The summed E-state index contributed by atoms with van der Waals surface area (Å²) in [6.07, 6.45) is 5.73. The fraction of sp³-hybridized carbons (Fsp3) is 0.619. The van der Waals surface area contributed by atoms with Gasteiger partial charge in [0.15, 0.2) is 0 Å². The Hall–Kier alpha value is -1.88. The number of nitrogens with zero attached hydrogens (tertiary/aromatic N) is 2. The molecule has 5 heteroatoms. The van der Waals surface area contributed by atoms with Crippen molar-refractivity contribution in [3.63, 3.8) is 0 Å². The highest BCUT2D eigenvalue weighted by atomic mass is 16.2. The molecule has 1 aromatic carbocycles. The van der Waals surface area contributed by atoms with E-state index in [-0.39, 0.29) is 11.9 Å². The third-order valence-corrected chi connectivity index (χ3v) is 6.29. The van der Waals surface area contributed by atoms with Crippen molar-refractivity contribution in [3.05, 3.63) is 35.4 Å². The summed E-state index contributed by atoms with van der Waals surface area (Å²) in [4.78, 5) is 29.2. The highest BCUT2D eigenvalue weighted by Gasteiger charge is 2.32. The van der Waals surface area contributed by atoms with Crippen LogP contribution in [0.3, 0.4) is 0 Å². The Bertz CT molecular complexity index is 667. The van der Waals surface area contributed by atoms with Gasteiger partial charge >= 0.3 is 0 Å². The summed E-state index contributed by atoms with van der Waals surface area (Å²) in [5, 5.41) is 2.98. The number of hydrogen-bond acceptors (Lipinski definition) is 3. The van der Waals surface area contributed by atoms with Crippen molar-refractivity contribution in [2.45, 2.75) is 51.1 Å². The largest absolute Gasteiger partial charge is 0.355 e. The van der Waals surface area contributed by atoms with Crippen molar-refractivity contribution in [2.24, 2.45) is 5.92 Å². The fourth-order valence-electron chi connectivity index (χ4n) is 4.66. The molecule has 3 aliphatic heterocycles. The Kier molecular flexibility index (Phi) is 5.25. The highest BCUT2D eigenvalue weighted by Crippen LogP contribution is 2.26. The van der Waals surface area contributed by atoms with E-state index in [1.807, 2.05) is 4.90 Å². The zero-order valence-corrected chi connectivity index (χ0v) is 15.5. The van der Waals surface area contributed by atoms with Gasteiger partial charge in [-0.3, -0.25) is 14.5 Å². The Morgan fingerprint density at radius 3 is 2.62 bits per heavy atom. The number of benzene rings is 1. The number of hydrogen-bond donors (Lipinski definition) is 1. The van der Waals surface area contributed by atoms with Gasteiger partial charge in [-0.2, -0.15) is 0 Å². The van der Waals surface area contributed by atoms with E-state index in [0.29, 0.717) is 18.2 Å². The van der Waals surface area contributed by atoms with Crippen molar-refractivity contribution in [3.8, 4) is 0 Å². The van der Waals surface area contributed by atoms with Gasteiger partial charge in [-0.15, -0.1) is 0 Å². The van der Waals surface area contributed by atoms with Gasteiger partial charge in [0.25, 0.3) is 0 Å². The predicted molar refractivity (Wildman–Crippen MR) is 101 cm³/mol. The van der Waals surface area contributed by atoms with Crippen molar-refractivity contribution in [1.29, 1.82) is 0 Å². The maximum Gasteiger partial charge on any atom is 0.237 e. The van der Waals surface area contributed by atoms with Crippen LogP contribution >= 0.6 is 0 Å². The minimum absolute atomic E-state index is 0.0546. The third-order valence-electron chi connectivity index (χ3n) is 6.29. The molecule has 26 heavy (non-hydrogen) atoms. The van der Waals surface area contributed by atoms with Gasteiger partial charge < -0.3 is 10.2 Å². The minimum atomic E-state index is 0.0546. The number of carbonyl (C=O) groups is 2. The molecule has 1 N–H and O–H groups in total. The van der Waals surface area contributed by atoms with Gasteiger partial charge in [-0.1, -0.05) is 24.3 Å². The number of rotatable bonds is 3. The molecule has 0 radical (unpaired) electrons. The lowest BCUT2D eigenvalue weighted by Gasteiger charge is -2.38. The molecule has 1 atom stereocenters. The van der Waals surface area contributed by atoms with Crippen molar-refractivity contribution < 1.29 is 9.59 Å². The fourth-order valence-corrected chi connectivity index (χ4v) is 4.66. The number of piperidine rings is 2. The van der Waals surface area contributed by atoms with E-state index in [9.17, 15) is 9.59 Å². The maximum absolute atomic E-state index is 12.8. The molecular weight excluding hydrogens is 326 g/mol. The molecule has 0 saturated carbocycles. The first-order valence-electron chi connectivity index (χ1n) is 10.1. The molecule has 1 unspecified atom stereocenters. The molecule has 2 amide bonds. The average Bonchev–Trinajstić information content (AvgIpc) is 2.69. The van der Waals surface area contributed by atoms with Gasteiger partial charge in [0, 0.05) is 26.1 Å². The molecule has 3 heterocycles. The average molecular weight is 355 g/mol. The van der Waals surface area contributed by atoms with E-state index in [2.05, 4.69) is 34.5 Å². The van der Waals surface area contributed by atoms with Gasteiger partial charge in [0.2, 0.25) is 11.8 Å². The lowest BCUT2D eigenvalue weighted by atomic mass is 9.90. The number of amides is 2. The second-order valence-corrected chi connectivity index (χ2v) is 7.97. The third kappa shape index (κ3) is 3.78. The summed E-state index contributed by atoms with van der Waals surface area (Å²) < 4.78 is 0. The molecule has 0 aliphatic carbocycles. The van der Waals surface area contributed by atoms with Crippen molar-refractivity contribution in [2.75, 3.05) is 26.2 Å². The summed E-state index contributed by atoms with van der Waals surface area (Å²) in [6.45, 7) is 4.31. The maximum atomic E-state index is 12.8. The van der Waals surface area contributed by atoms with E-state index in [4.69, 9.17) is 0 Å². The van der Waals surface area contributed by atoms with Gasteiger partial charge in [-0.05, 0) is 62.2 Å². The quantitative estimate of drug-likeness (QED) is 0.902. The first-order chi connectivity index (χ1) is 12.7. The van der Waals surface area contributed by atoms with Crippen LogP contribution < -0.4 is 5.32 Å². The summed E-state index contributed by atoms with van der Waals surface area (Å²) in [7, 11) is 0. The van der Waals surface area contributed by atoms with Crippen molar-refractivity contribution in [1.82, 2.24) is 15.1 Å². The summed E-state index contributed by atoms with van der Waals surface area (Å²) >= 11 is 0. The Morgan fingerprint density at radius 2 is 1.85 bits per heavy atom. The first-order valence-corrected chi connectivity index (χ1v) is 10.1. The van der Waals surface area contributed by atoms with E-state index < -0.39 is 0 Å². The molecule has 2 saturated heterocycles. The molecule has 4 rings (SSSR count). The van der Waals surface area contributed by atoms with Crippen LogP contribution in [0.2, 0.25) is 0 Å². The monoisotopic (exact) mass is 355 g/mol. The molecule has 3 aliphatic rings. The lowest BCUT2D eigenvalue weighted by Crippen LogP contribution is -2.52. The number of likely N-dealkylation sites (tertiary alicyclic amines) is 1. The normalized spacial score (nSPS) is 24.8. The molecule has 140 valence electrons. The first kappa shape index (κ1) is 17.5. The molecule has 0 spiro atoms. The number of fused-ring (bicyclic) bond motifs is 1. The van der Waals surface area contributed by atoms with Crippen LogP contribution in [-0.4, -0.2) is 53.8 Å². The lowest BCUT2D eigenvalue weighted by molar-refractivity contribution is -0.134. The van der Waals surface area contributed by atoms with Crippen LogP contribution in [0.5, 0.6) is 0 Å². The number of carbonyl (C=O) groups excluding carboxylic acids is 2. The van der Waals surface area contributed by atoms with E-state index in [1.165, 1.54) is 11.1 Å². The minimum Gasteiger partial charge on any atom is -0.355 e. The molecular formula is C21H29N3O2. The predicted octanol–water partition coefficient (Wildman–Crippen LogP) is 1.95. The summed E-state index contributed by atoms with van der Waals surface area (Å²) in [5.74, 6) is 0.952. The zero-order chi connectivity index (χ0) is 17.9. The summed E-state index contributed by atoms with van der Waals surface area (Å²) in [5.41, 5.74) is 2.68. The standard InChI is InChI=1S/C21H29N3O2/c25-20(24-13-9-17-4-1-2-5-18(17)15-24)14-16-7-11-23(12-8-16)19-6-3-10-22-21(19)26/h1-2,4-5,16,19H,3,6-15H2,(H,22,26). The molecule has 5 nitrogen and oxygen atoms in total. The Balaban J connectivity index is 1.27. The Labute approximate surface area is 155 Å². The van der Waals surface area contributed by atoms with Gasteiger partial charge in [0.05, 0.1) is 6.04 Å². The van der Waals surface area contributed by atoms with Crippen LogP contribution in [0, 0.1) is 5.92 Å². The van der Waals surface area contributed by atoms with Crippen LogP contribution in [-0.2, 0) is 22.6 Å². The zero-order valence-electron chi connectivity index (χ0n) is 15.5. The highest BCUT2D eigenvalue weighted by molar-refractivity contribution is 5.82. The van der Waals surface area contributed by atoms with Gasteiger partial charge in [-0.25, -0.2) is 0 Å². The smallest absolute Gasteiger partial charge is 0.237 e. The van der Waals surface area contributed by atoms with Crippen LogP contribution in [0.4, 0.5) is 0 Å². The van der Waals surface area contributed by atoms with E-state index in [1.54, 1.807) is 0 Å².